The van der Waals surface area contributed by atoms with Gasteiger partial charge in [0.15, 0.2) is 0 Å². The van der Waals surface area contributed by atoms with Gasteiger partial charge in [-0.15, -0.1) is 0 Å². The van der Waals surface area contributed by atoms with Gasteiger partial charge in [-0.05, 0) is 29.7 Å². The summed E-state index contributed by atoms with van der Waals surface area (Å²) in [4.78, 5) is 9.31. The molecular formula is C20H27N3O2. The van der Waals surface area contributed by atoms with E-state index in [1.165, 1.54) is 5.56 Å². The Morgan fingerprint density at radius 2 is 2.12 bits per heavy atom. The Hall–Kier alpha value is -1.69. The van der Waals surface area contributed by atoms with Crippen molar-refractivity contribution < 1.29 is 9.15 Å². The third kappa shape index (κ3) is 3.78. The fourth-order valence-corrected chi connectivity index (χ4v) is 4.31. The Kier molecular flexibility index (Phi) is 4.88. The quantitative estimate of drug-likeness (QED) is 0.855. The third-order valence-electron chi connectivity index (χ3n) is 5.68. The molecule has 2 aromatic rings. The van der Waals surface area contributed by atoms with Crippen LogP contribution in [0.5, 0.6) is 0 Å². The third-order valence-corrected chi connectivity index (χ3v) is 5.68. The first-order chi connectivity index (χ1) is 12.2. The average Bonchev–Trinajstić information content (AvgIpc) is 3.15. The zero-order chi connectivity index (χ0) is 17.1. The molecule has 0 saturated carbocycles. The van der Waals surface area contributed by atoms with Crippen LogP contribution in [-0.2, 0) is 17.8 Å². The van der Waals surface area contributed by atoms with E-state index in [0.29, 0.717) is 5.92 Å². The van der Waals surface area contributed by atoms with Crippen molar-refractivity contribution in [3.05, 3.63) is 54.2 Å². The van der Waals surface area contributed by atoms with Crippen molar-refractivity contribution in [2.24, 2.45) is 11.3 Å². The zero-order valence-electron chi connectivity index (χ0n) is 14.9. The van der Waals surface area contributed by atoms with Crippen molar-refractivity contribution in [2.45, 2.75) is 20.0 Å². The van der Waals surface area contributed by atoms with Gasteiger partial charge in [0, 0.05) is 50.5 Å². The number of hydrogen-bond donors (Lipinski definition) is 0. The first-order valence-corrected chi connectivity index (χ1v) is 9.17. The van der Waals surface area contributed by atoms with Crippen molar-refractivity contribution in [3.63, 3.8) is 0 Å². The molecule has 5 heteroatoms. The Bertz CT molecular complexity index is 661. The molecule has 0 aliphatic carbocycles. The summed E-state index contributed by atoms with van der Waals surface area (Å²) in [5.41, 5.74) is 1.48. The Morgan fingerprint density at radius 3 is 2.92 bits per heavy atom. The fourth-order valence-electron chi connectivity index (χ4n) is 4.31. The lowest BCUT2D eigenvalue weighted by atomic mass is 9.79. The molecule has 0 radical (unpaired) electrons. The summed E-state index contributed by atoms with van der Waals surface area (Å²) in [6.45, 7) is 10.1. The van der Waals surface area contributed by atoms with Gasteiger partial charge < -0.3 is 9.15 Å². The summed E-state index contributed by atoms with van der Waals surface area (Å²) in [6, 6.07) is 8.21. The maximum atomic E-state index is 6.05. The topological polar surface area (TPSA) is 41.7 Å². The molecule has 2 aromatic heterocycles. The van der Waals surface area contributed by atoms with Gasteiger partial charge in [-0.2, -0.15) is 0 Å². The zero-order valence-corrected chi connectivity index (χ0v) is 14.9. The molecule has 0 bridgehead atoms. The minimum absolute atomic E-state index is 0.200. The lowest BCUT2D eigenvalue weighted by molar-refractivity contribution is 0.0497. The normalized spacial score (nSPS) is 28.4. The Labute approximate surface area is 149 Å². The van der Waals surface area contributed by atoms with Crippen LogP contribution in [0, 0.1) is 11.3 Å². The summed E-state index contributed by atoms with van der Waals surface area (Å²) >= 11 is 0. The van der Waals surface area contributed by atoms with E-state index in [0.717, 1.165) is 58.2 Å². The van der Waals surface area contributed by atoms with E-state index < -0.39 is 0 Å². The second-order valence-corrected chi connectivity index (χ2v) is 7.64. The monoisotopic (exact) mass is 341 g/mol. The van der Waals surface area contributed by atoms with Gasteiger partial charge in [0.25, 0.3) is 0 Å². The maximum absolute atomic E-state index is 6.05. The molecule has 4 heterocycles. The van der Waals surface area contributed by atoms with Gasteiger partial charge in [-0.25, -0.2) is 0 Å². The van der Waals surface area contributed by atoms with Crippen molar-refractivity contribution in [2.75, 3.05) is 39.4 Å². The highest BCUT2D eigenvalue weighted by atomic mass is 16.5. The number of aromatic nitrogens is 1. The molecule has 2 fully saturated rings. The molecule has 25 heavy (non-hydrogen) atoms. The van der Waals surface area contributed by atoms with Crippen LogP contribution in [0.1, 0.15) is 18.2 Å². The lowest BCUT2D eigenvalue weighted by Gasteiger charge is -2.35. The van der Waals surface area contributed by atoms with E-state index in [1.54, 1.807) is 6.26 Å². The molecule has 134 valence electrons. The van der Waals surface area contributed by atoms with E-state index in [2.05, 4.69) is 33.8 Å². The van der Waals surface area contributed by atoms with Crippen LogP contribution in [0.15, 0.2) is 47.3 Å². The predicted octanol–water partition coefficient (Wildman–Crippen LogP) is 2.65. The maximum Gasteiger partial charge on any atom is 0.117 e. The molecule has 0 N–H and O–H groups in total. The number of pyridine rings is 1. The predicted molar refractivity (Wildman–Crippen MR) is 95.9 cm³/mol. The van der Waals surface area contributed by atoms with Crippen LogP contribution in [-0.4, -0.2) is 54.2 Å². The Morgan fingerprint density at radius 1 is 1.20 bits per heavy atom. The summed E-state index contributed by atoms with van der Waals surface area (Å²) in [6.07, 6.45) is 5.57. The van der Waals surface area contributed by atoms with E-state index >= 15 is 0 Å². The molecule has 2 atom stereocenters. The highest BCUT2D eigenvalue weighted by Crippen LogP contribution is 2.39. The van der Waals surface area contributed by atoms with Crippen LogP contribution in [0.3, 0.4) is 0 Å². The number of ether oxygens (including phenoxy) is 1. The standard InChI is InChI=1S/C20H27N3O2/c1-17-11-23(13-19-5-3-8-25-19)15-20(17)14-22(7-9-24-16-20)12-18-4-2-6-21-10-18/h2-6,8,10,17H,7,9,11-16H2,1H3/t17-,20-/m1/s1. The highest BCUT2D eigenvalue weighted by Gasteiger charge is 2.46. The molecule has 0 unspecified atom stereocenters. The van der Waals surface area contributed by atoms with Crippen LogP contribution >= 0.6 is 0 Å². The van der Waals surface area contributed by atoms with Gasteiger partial charge in [0.2, 0.25) is 0 Å². The van der Waals surface area contributed by atoms with Crippen molar-refractivity contribution in [1.82, 2.24) is 14.8 Å². The summed E-state index contributed by atoms with van der Waals surface area (Å²) in [5.74, 6) is 1.66. The largest absolute Gasteiger partial charge is 0.468 e. The van der Waals surface area contributed by atoms with Gasteiger partial charge in [-0.3, -0.25) is 14.8 Å². The highest BCUT2D eigenvalue weighted by molar-refractivity contribution is 5.09. The number of nitrogens with zero attached hydrogens (tertiary/aromatic N) is 3. The van der Waals surface area contributed by atoms with Crippen molar-refractivity contribution in [3.8, 4) is 0 Å². The summed E-state index contributed by atoms with van der Waals surface area (Å²) in [5, 5.41) is 0. The fraction of sp³-hybridized carbons (Fsp3) is 0.550. The van der Waals surface area contributed by atoms with E-state index in [4.69, 9.17) is 9.15 Å². The van der Waals surface area contributed by atoms with Crippen LogP contribution in [0.2, 0.25) is 0 Å². The first kappa shape index (κ1) is 16.8. The van der Waals surface area contributed by atoms with Gasteiger partial charge in [0.1, 0.15) is 5.76 Å². The van der Waals surface area contributed by atoms with Crippen molar-refractivity contribution >= 4 is 0 Å². The summed E-state index contributed by atoms with van der Waals surface area (Å²) in [7, 11) is 0. The molecule has 5 nitrogen and oxygen atoms in total. The number of rotatable bonds is 4. The average molecular weight is 341 g/mol. The lowest BCUT2D eigenvalue weighted by Crippen LogP contribution is -2.43. The second-order valence-electron chi connectivity index (χ2n) is 7.64. The smallest absolute Gasteiger partial charge is 0.117 e. The minimum Gasteiger partial charge on any atom is -0.468 e. The Balaban J connectivity index is 1.45. The molecule has 1 spiro atoms. The SMILES string of the molecule is C[C@@H]1CN(Cc2ccco2)C[C@]12COCCN(Cc1cccnc1)C2. The molecule has 2 aliphatic heterocycles. The summed E-state index contributed by atoms with van der Waals surface area (Å²) < 4.78 is 11.6. The van der Waals surface area contributed by atoms with Crippen molar-refractivity contribution in [1.29, 1.82) is 0 Å². The van der Waals surface area contributed by atoms with Gasteiger partial charge in [0.05, 0.1) is 26.0 Å². The van der Waals surface area contributed by atoms with Gasteiger partial charge >= 0.3 is 0 Å². The molecule has 4 rings (SSSR count). The molecule has 0 aromatic carbocycles. The minimum atomic E-state index is 0.200. The van der Waals surface area contributed by atoms with E-state index in [-0.39, 0.29) is 5.41 Å². The van der Waals surface area contributed by atoms with E-state index in [9.17, 15) is 0 Å². The van der Waals surface area contributed by atoms with Crippen LogP contribution < -0.4 is 0 Å². The molecule has 2 aliphatic rings. The molecular weight excluding hydrogens is 314 g/mol. The number of likely N-dealkylation sites (tertiary alicyclic amines) is 1. The van der Waals surface area contributed by atoms with Gasteiger partial charge in [-0.1, -0.05) is 13.0 Å². The molecule has 0 amide bonds. The molecule has 2 saturated heterocycles. The van der Waals surface area contributed by atoms with Crippen LogP contribution in [0.4, 0.5) is 0 Å². The first-order valence-electron chi connectivity index (χ1n) is 9.17. The number of hydrogen-bond acceptors (Lipinski definition) is 5. The van der Waals surface area contributed by atoms with Crippen LogP contribution in [0.25, 0.3) is 0 Å². The number of furan rings is 1. The van der Waals surface area contributed by atoms with E-state index in [1.807, 2.05) is 24.5 Å². The second kappa shape index (κ2) is 7.28.